The molecule has 0 radical (unpaired) electrons. The highest BCUT2D eigenvalue weighted by Crippen LogP contribution is 2.22. The number of aromatic nitrogens is 2. The van der Waals surface area contributed by atoms with E-state index in [0.717, 1.165) is 48.3 Å². The van der Waals surface area contributed by atoms with Crippen LogP contribution in [-0.2, 0) is 17.8 Å². The molecule has 0 saturated heterocycles. The van der Waals surface area contributed by atoms with E-state index in [4.69, 9.17) is 16.1 Å². The summed E-state index contributed by atoms with van der Waals surface area (Å²) < 4.78 is 31.9. The molecule has 0 bridgehead atoms. The van der Waals surface area contributed by atoms with Gasteiger partial charge in [0, 0.05) is 43.6 Å². The maximum atomic E-state index is 13.6. The van der Waals surface area contributed by atoms with Crippen molar-refractivity contribution in [3.8, 4) is 0 Å². The van der Waals surface area contributed by atoms with Crippen molar-refractivity contribution in [1.29, 1.82) is 0 Å². The van der Waals surface area contributed by atoms with E-state index < -0.39 is 17.5 Å². The van der Waals surface area contributed by atoms with E-state index >= 15 is 0 Å². The van der Waals surface area contributed by atoms with Crippen LogP contribution in [0, 0.1) is 11.6 Å². The number of carbonyl (C=O) groups excluding carboxylic acids is 1. The second-order valence-electron chi connectivity index (χ2n) is 7.53. The summed E-state index contributed by atoms with van der Waals surface area (Å²) in [5.74, 6) is -1.11. The number of rotatable bonds is 7. The Morgan fingerprint density at radius 1 is 1.22 bits per heavy atom. The summed E-state index contributed by atoms with van der Waals surface area (Å²) in [6, 6.07) is 10.8. The molecule has 1 aliphatic rings. The Kier molecular flexibility index (Phi) is 6.92. The Balaban J connectivity index is 1.28. The predicted octanol–water partition coefficient (Wildman–Crippen LogP) is 4.86. The number of hydrogen-bond donors (Lipinski definition) is 1. The van der Waals surface area contributed by atoms with Gasteiger partial charge in [0.15, 0.2) is 5.82 Å². The lowest BCUT2D eigenvalue weighted by Crippen LogP contribution is -2.28. The maximum absolute atomic E-state index is 13.6. The lowest BCUT2D eigenvalue weighted by atomic mass is 10.1. The van der Waals surface area contributed by atoms with Crippen molar-refractivity contribution in [1.82, 2.24) is 15.0 Å². The largest absolute Gasteiger partial charge is 0.339 e. The number of hydrogen-bond acceptors (Lipinski definition) is 5. The second kappa shape index (κ2) is 10.0. The minimum atomic E-state index is -0.827. The zero-order chi connectivity index (χ0) is 22.5. The Labute approximate surface area is 188 Å². The third-order valence-electron chi connectivity index (χ3n) is 5.11. The van der Waals surface area contributed by atoms with E-state index in [9.17, 15) is 13.6 Å². The molecule has 0 aliphatic carbocycles. The van der Waals surface area contributed by atoms with Crippen LogP contribution in [0.4, 0.5) is 14.5 Å². The van der Waals surface area contributed by atoms with Crippen LogP contribution in [0.1, 0.15) is 30.1 Å². The molecule has 1 aromatic heterocycles. The molecule has 4 rings (SSSR count). The Morgan fingerprint density at radius 3 is 2.84 bits per heavy atom. The summed E-state index contributed by atoms with van der Waals surface area (Å²) in [7, 11) is 0. The monoisotopic (exact) mass is 458 g/mol. The molecule has 0 saturated carbocycles. The van der Waals surface area contributed by atoms with E-state index in [1.807, 2.05) is 18.2 Å². The van der Waals surface area contributed by atoms with E-state index in [0.29, 0.717) is 17.8 Å². The van der Waals surface area contributed by atoms with Crippen LogP contribution in [0.3, 0.4) is 0 Å². The SMILES string of the molecule is O=C(CCc1nc(C2=CCN(Cc3cccc(Cl)c3)CC2)no1)Nc1ccc(F)cc1F. The summed E-state index contributed by atoms with van der Waals surface area (Å²) in [6.07, 6.45) is 3.11. The highest BCUT2D eigenvalue weighted by molar-refractivity contribution is 6.30. The van der Waals surface area contributed by atoms with Crippen LogP contribution in [0.2, 0.25) is 5.02 Å². The molecule has 166 valence electrons. The van der Waals surface area contributed by atoms with Crippen LogP contribution >= 0.6 is 11.6 Å². The van der Waals surface area contributed by atoms with Crippen molar-refractivity contribution in [3.63, 3.8) is 0 Å². The van der Waals surface area contributed by atoms with Crippen LogP contribution in [0.25, 0.3) is 5.57 Å². The van der Waals surface area contributed by atoms with Crippen LogP contribution in [0.15, 0.2) is 53.1 Å². The first-order chi connectivity index (χ1) is 15.5. The van der Waals surface area contributed by atoms with Gasteiger partial charge in [0.25, 0.3) is 0 Å². The van der Waals surface area contributed by atoms with Crippen molar-refractivity contribution in [2.45, 2.75) is 25.8 Å². The van der Waals surface area contributed by atoms with Gasteiger partial charge in [-0.1, -0.05) is 35.0 Å². The van der Waals surface area contributed by atoms with Crippen molar-refractivity contribution in [3.05, 3.63) is 82.5 Å². The number of carbonyl (C=O) groups is 1. The molecule has 32 heavy (non-hydrogen) atoms. The molecule has 1 N–H and O–H groups in total. The average molecular weight is 459 g/mol. The predicted molar refractivity (Wildman–Crippen MR) is 117 cm³/mol. The number of benzene rings is 2. The number of aryl methyl sites for hydroxylation is 1. The third kappa shape index (κ3) is 5.77. The average Bonchev–Trinajstić information content (AvgIpc) is 3.24. The highest BCUT2D eigenvalue weighted by atomic mass is 35.5. The van der Waals surface area contributed by atoms with E-state index in [2.05, 4.69) is 32.5 Å². The third-order valence-corrected chi connectivity index (χ3v) is 5.35. The summed E-state index contributed by atoms with van der Waals surface area (Å²) in [4.78, 5) is 18.7. The topological polar surface area (TPSA) is 71.3 Å². The maximum Gasteiger partial charge on any atom is 0.227 e. The summed E-state index contributed by atoms with van der Waals surface area (Å²) in [5.41, 5.74) is 2.09. The van der Waals surface area contributed by atoms with Gasteiger partial charge < -0.3 is 9.84 Å². The van der Waals surface area contributed by atoms with Crippen LogP contribution in [-0.4, -0.2) is 34.0 Å². The molecule has 0 atom stereocenters. The van der Waals surface area contributed by atoms with Crippen LogP contribution in [0.5, 0.6) is 0 Å². The number of amides is 1. The number of anilines is 1. The van der Waals surface area contributed by atoms with Gasteiger partial charge >= 0.3 is 0 Å². The van der Waals surface area contributed by atoms with Gasteiger partial charge in [0.05, 0.1) is 5.69 Å². The van der Waals surface area contributed by atoms with Gasteiger partial charge in [-0.3, -0.25) is 9.69 Å². The second-order valence-corrected chi connectivity index (χ2v) is 7.96. The summed E-state index contributed by atoms with van der Waals surface area (Å²) in [6.45, 7) is 2.43. The standard InChI is InChI=1S/C23H21ClF2N4O2/c24-17-3-1-2-15(12-17)14-30-10-8-16(9-11-30)23-28-22(32-29-23)7-6-21(31)27-20-5-4-18(25)13-19(20)26/h1-5,8,12-13H,6-7,9-11,14H2,(H,27,31). The first-order valence-corrected chi connectivity index (χ1v) is 10.6. The molecule has 1 amide bonds. The Bertz CT molecular complexity index is 1150. The minimum absolute atomic E-state index is 0.0326. The molecular weight excluding hydrogens is 438 g/mol. The molecule has 9 heteroatoms. The Morgan fingerprint density at radius 2 is 2.09 bits per heavy atom. The molecule has 1 aliphatic heterocycles. The summed E-state index contributed by atoms with van der Waals surface area (Å²) >= 11 is 6.05. The van der Waals surface area contributed by atoms with E-state index in [1.54, 1.807) is 0 Å². The minimum Gasteiger partial charge on any atom is -0.339 e. The van der Waals surface area contributed by atoms with Crippen molar-refractivity contribution in [2.75, 3.05) is 18.4 Å². The number of nitrogens with one attached hydrogen (secondary N) is 1. The van der Waals surface area contributed by atoms with Gasteiger partial charge in [-0.2, -0.15) is 4.98 Å². The molecule has 3 aromatic rings. The first kappa shape index (κ1) is 22.1. The first-order valence-electron chi connectivity index (χ1n) is 10.2. The fraction of sp³-hybridized carbons (Fsp3) is 0.261. The quantitative estimate of drug-likeness (QED) is 0.547. The molecule has 0 fully saturated rings. The van der Waals surface area contributed by atoms with E-state index in [1.165, 1.54) is 6.07 Å². The Hall–Kier alpha value is -3.10. The number of halogens is 3. The van der Waals surface area contributed by atoms with Crippen molar-refractivity contribution < 1.29 is 18.1 Å². The van der Waals surface area contributed by atoms with Crippen molar-refractivity contribution >= 4 is 28.8 Å². The smallest absolute Gasteiger partial charge is 0.227 e. The van der Waals surface area contributed by atoms with Crippen molar-refractivity contribution in [2.24, 2.45) is 0 Å². The van der Waals surface area contributed by atoms with Gasteiger partial charge in [0.1, 0.15) is 11.6 Å². The molecule has 0 spiro atoms. The fourth-order valence-electron chi connectivity index (χ4n) is 3.46. The van der Waals surface area contributed by atoms with Gasteiger partial charge in [-0.15, -0.1) is 0 Å². The zero-order valence-corrected chi connectivity index (χ0v) is 17.9. The van der Waals surface area contributed by atoms with Gasteiger partial charge in [0.2, 0.25) is 11.8 Å². The highest BCUT2D eigenvalue weighted by Gasteiger charge is 2.18. The van der Waals surface area contributed by atoms with Crippen LogP contribution < -0.4 is 5.32 Å². The number of nitrogens with zero attached hydrogens (tertiary/aromatic N) is 3. The molecule has 0 unspecified atom stereocenters. The lowest BCUT2D eigenvalue weighted by molar-refractivity contribution is -0.116. The molecular formula is C23H21ClF2N4O2. The molecule has 6 nitrogen and oxygen atoms in total. The fourth-order valence-corrected chi connectivity index (χ4v) is 3.68. The molecule has 2 heterocycles. The van der Waals surface area contributed by atoms with Gasteiger partial charge in [-0.05, 0) is 41.8 Å². The summed E-state index contributed by atoms with van der Waals surface area (Å²) in [5, 5.41) is 7.16. The van der Waals surface area contributed by atoms with Gasteiger partial charge in [-0.25, -0.2) is 8.78 Å². The zero-order valence-electron chi connectivity index (χ0n) is 17.2. The molecule has 2 aromatic carbocycles. The normalized spacial score (nSPS) is 14.3. The van der Waals surface area contributed by atoms with E-state index in [-0.39, 0.29) is 18.5 Å². The lowest BCUT2D eigenvalue weighted by Gasteiger charge is -2.25.